The van der Waals surface area contributed by atoms with Crippen molar-refractivity contribution in [3.05, 3.63) is 18.2 Å². The molecule has 1 atom stereocenters. The number of anilines is 2. The molecule has 0 radical (unpaired) electrons. The van der Waals surface area contributed by atoms with Gasteiger partial charge in [0.05, 0.1) is 16.3 Å². The lowest BCUT2D eigenvalue weighted by Crippen LogP contribution is -2.34. The number of aromatic nitrogens is 1. The molecule has 0 aliphatic carbocycles. The van der Waals surface area contributed by atoms with Gasteiger partial charge in [-0.2, -0.15) is 0 Å². The quantitative estimate of drug-likeness (QED) is 0.801. The highest BCUT2D eigenvalue weighted by molar-refractivity contribution is 7.22. The largest absolute Gasteiger partial charge is 0.376 e. The summed E-state index contributed by atoms with van der Waals surface area (Å²) in [6.45, 7) is 2.73. The van der Waals surface area contributed by atoms with Gasteiger partial charge in [0.15, 0.2) is 5.13 Å². The maximum Gasteiger partial charge on any atom is 0.319 e. The number of nitrogens with one attached hydrogen (secondary N) is 3. The van der Waals surface area contributed by atoms with Crippen LogP contribution in [0.5, 0.6) is 0 Å². The number of hydrogen-bond acceptors (Lipinski definition) is 5. The SMILES string of the molecule is CC(=O)Nc1nc2ccc(NC(=O)NC[C@@H]3CCCO3)cc2s1. The van der Waals surface area contributed by atoms with Gasteiger partial charge in [-0.15, -0.1) is 0 Å². The number of carbonyl (C=O) groups is 2. The van der Waals surface area contributed by atoms with Crippen LogP contribution in [0.15, 0.2) is 18.2 Å². The highest BCUT2D eigenvalue weighted by atomic mass is 32.1. The van der Waals surface area contributed by atoms with Gasteiger partial charge < -0.3 is 20.7 Å². The molecule has 0 unspecified atom stereocenters. The third-order valence-electron chi connectivity index (χ3n) is 3.44. The zero-order chi connectivity index (χ0) is 16.2. The molecular formula is C15H18N4O3S. The van der Waals surface area contributed by atoms with Crippen molar-refractivity contribution in [2.24, 2.45) is 0 Å². The third-order valence-corrected chi connectivity index (χ3v) is 4.38. The molecule has 1 aliphatic rings. The Morgan fingerprint density at radius 2 is 2.26 bits per heavy atom. The van der Waals surface area contributed by atoms with Gasteiger partial charge in [0.2, 0.25) is 5.91 Å². The Balaban J connectivity index is 1.60. The lowest BCUT2D eigenvalue weighted by molar-refractivity contribution is -0.114. The lowest BCUT2D eigenvalue weighted by Gasteiger charge is -2.11. The summed E-state index contributed by atoms with van der Waals surface area (Å²) in [5.74, 6) is -0.157. The molecule has 3 amide bonds. The molecule has 3 N–H and O–H groups in total. The van der Waals surface area contributed by atoms with E-state index in [1.807, 2.05) is 12.1 Å². The Morgan fingerprint density at radius 1 is 1.39 bits per heavy atom. The number of carbonyl (C=O) groups excluding carboxylic acids is 2. The van der Waals surface area contributed by atoms with E-state index in [0.29, 0.717) is 17.4 Å². The number of ether oxygens (including phenoxy) is 1. The summed E-state index contributed by atoms with van der Waals surface area (Å²) in [5.41, 5.74) is 1.46. The van der Waals surface area contributed by atoms with E-state index in [4.69, 9.17) is 4.74 Å². The standard InChI is InChI=1S/C15H18N4O3S/c1-9(20)17-15-19-12-5-4-10(7-13(12)23-15)18-14(21)16-8-11-3-2-6-22-11/h4-5,7,11H,2-3,6,8H2,1H3,(H2,16,18,21)(H,17,19,20)/t11-/m0/s1. The summed E-state index contributed by atoms with van der Waals surface area (Å²) in [6.07, 6.45) is 2.15. The molecule has 23 heavy (non-hydrogen) atoms. The molecule has 0 spiro atoms. The van der Waals surface area contributed by atoms with Crippen LogP contribution >= 0.6 is 11.3 Å². The van der Waals surface area contributed by atoms with Crippen LogP contribution in [0.4, 0.5) is 15.6 Å². The molecule has 1 aromatic carbocycles. The molecule has 122 valence electrons. The second-order valence-electron chi connectivity index (χ2n) is 5.35. The van der Waals surface area contributed by atoms with E-state index < -0.39 is 0 Å². The Kier molecular flexibility index (Phi) is 4.73. The number of hydrogen-bond donors (Lipinski definition) is 3. The number of rotatable bonds is 4. The van der Waals surface area contributed by atoms with Crippen molar-refractivity contribution >= 4 is 44.3 Å². The third kappa shape index (κ3) is 4.17. The molecule has 0 saturated carbocycles. The molecule has 1 aromatic heterocycles. The van der Waals surface area contributed by atoms with Gasteiger partial charge in [-0.05, 0) is 31.0 Å². The molecule has 1 aliphatic heterocycles. The van der Waals surface area contributed by atoms with Crippen LogP contribution in [0.3, 0.4) is 0 Å². The summed E-state index contributed by atoms with van der Waals surface area (Å²) < 4.78 is 6.36. The summed E-state index contributed by atoms with van der Waals surface area (Å²) in [4.78, 5) is 27.3. The zero-order valence-electron chi connectivity index (χ0n) is 12.7. The van der Waals surface area contributed by atoms with Crippen LogP contribution in [-0.2, 0) is 9.53 Å². The van der Waals surface area contributed by atoms with E-state index in [1.165, 1.54) is 18.3 Å². The van der Waals surface area contributed by atoms with Crippen molar-refractivity contribution in [2.75, 3.05) is 23.8 Å². The fourth-order valence-electron chi connectivity index (χ4n) is 2.39. The Hall–Kier alpha value is -2.19. The highest BCUT2D eigenvalue weighted by Crippen LogP contribution is 2.28. The summed E-state index contributed by atoms with van der Waals surface area (Å²) in [7, 11) is 0. The van der Waals surface area contributed by atoms with Gasteiger partial charge >= 0.3 is 6.03 Å². The molecule has 2 aromatic rings. The second-order valence-corrected chi connectivity index (χ2v) is 6.38. The van der Waals surface area contributed by atoms with Crippen molar-refractivity contribution in [3.63, 3.8) is 0 Å². The second kappa shape index (κ2) is 6.93. The first-order chi connectivity index (χ1) is 11.1. The topological polar surface area (TPSA) is 92.4 Å². The van der Waals surface area contributed by atoms with Gasteiger partial charge in [-0.3, -0.25) is 4.79 Å². The molecule has 3 rings (SSSR count). The summed E-state index contributed by atoms with van der Waals surface area (Å²) >= 11 is 1.37. The number of urea groups is 1. The maximum atomic E-state index is 11.9. The first-order valence-corrected chi connectivity index (χ1v) is 8.26. The minimum absolute atomic E-state index is 0.116. The predicted molar refractivity (Wildman–Crippen MR) is 89.9 cm³/mol. The van der Waals surface area contributed by atoms with Crippen LogP contribution in [0.2, 0.25) is 0 Å². The summed E-state index contributed by atoms with van der Waals surface area (Å²) in [5, 5.41) is 8.81. The van der Waals surface area contributed by atoms with E-state index in [-0.39, 0.29) is 18.0 Å². The van der Waals surface area contributed by atoms with Gasteiger partial charge in [-0.25, -0.2) is 9.78 Å². The summed E-state index contributed by atoms with van der Waals surface area (Å²) in [6, 6.07) is 5.17. The van der Waals surface area contributed by atoms with Crippen molar-refractivity contribution < 1.29 is 14.3 Å². The Bertz CT molecular complexity index is 725. The molecular weight excluding hydrogens is 316 g/mol. The first kappa shape index (κ1) is 15.7. The van der Waals surface area contributed by atoms with Crippen molar-refractivity contribution in [1.82, 2.24) is 10.3 Å². The fraction of sp³-hybridized carbons (Fsp3) is 0.400. The first-order valence-electron chi connectivity index (χ1n) is 7.45. The van der Waals surface area contributed by atoms with Crippen LogP contribution in [-0.4, -0.2) is 36.2 Å². The molecule has 8 heteroatoms. The Labute approximate surface area is 137 Å². The maximum absolute atomic E-state index is 11.9. The van der Waals surface area contributed by atoms with E-state index in [1.54, 1.807) is 6.07 Å². The average Bonchev–Trinajstić information content (AvgIpc) is 3.12. The average molecular weight is 334 g/mol. The molecule has 2 heterocycles. The fourth-order valence-corrected chi connectivity index (χ4v) is 3.34. The van der Waals surface area contributed by atoms with E-state index >= 15 is 0 Å². The van der Waals surface area contributed by atoms with Crippen LogP contribution < -0.4 is 16.0 Å². The van der Waals surface area contributed by atoms with Gasteiger partial charge in [0, 0.05) is 25.8 Å². The molecule has 7 nitrogen and oxygen atoms in total. The zero-order valence-corrected chi connectivity index (χ0v) is 13.5. The number of benzene rings is 1. The molecule has 1 fully saturated rings. The number of thiazole rings is 1. The molecule has 0 bridgehead atoms. The van der Waals surface area contributed by atoms with E-state index in [9.17, 15) is 9.59 Å². The predicted octanol–water partition coefficient (Wildman–Crippen LogP) is 2.56. The van der Waals surface area contributed by atoms with Gasteiger partial charge in [0.1, 0.15) is 0 Å². The van der Waals surface area contributed by atoms with Crippen molar-refractivity contribution in [3.8, 4) is 0 Å². The van der Waals surface area contributed by atoms with Crippen molar-refractivity contribution in [1.29, 1.82) is 0 Å². The number of nitrogens with zero attached hydrogens (tertiary/aromatic N) is 1. The number of amides is 3. The normalized spacial score (nSPS) is 17.2. The molecule has 1 saturated heterocycles. The lowest BCUT2D eigenvalue weighted by atomic mass is 10.2. The highest BCUT2D eigenvalue weighted by Gasteiger charge is 2.16. The smallest absolute Gasteiger partial charge is 0.319 e. The van der Waals surface area contributed by atoms with Gasteiger partial charge in [-0.1, -0.05) is 11.3 Å². The Morgan fingerprint density at radius 3 is 3.00 bits per heavy atom. The monoisotopic (exact) mass is 334 g/mol. The number of fused-ring (bicyclic) bond motifs is 1. The van der Waals surface area contributed by atoms with Crippen molar-refractivity contribution in [2.45, 2.75) is 25.9 Å². The minimum Gasteiger partial charge on any atom is -0.376 e. The van der Waals surface area contributed by atoms with E-state index in [0.717, 1.165) is 29.7 Å². The van der Waals surface area contributed by atoms with Gasteiger partial charge in [0.25, 0.3) is 0 Å². The van der Waals surface area contributed by atoms with Crippen LogP contribution in [0, 0.1) is 0 Å². The van der Waals surface area contributed by atoms with Crippen LogP contribution in [0.25, 0.3) is 10.2 Å². The van der Waals surface area contributed by atoms with Crippen LogP contribution in [0.1, 0.15) is 19.8 Å². The van der Waals surface area contributed by atoms with E-state index in [2.05, 4.69) is 20.9 Å². The minimum atomic E-state index is -0.258.